The summed E-state index contributed by atoms with van der Waals surface area (Å²) in [5.74, 6) is 4.93. The van der Waals surface area contributed by atoms with E-state index in [0.717, 1.165) is 10.4 Å². The minimum atomic E-state index is -0.566. The first-order valence-electron chi connectivity index (χ1n) is 5.45. The molecular weight excluding hydrogens is 287 g/mol. The Morgan fingerprint density at radius 1 is 1.37 bits per heavy atom. The maximum Gasteiger partial charge on any atom is 0.183 e. The van der Waals surface area contributed by atoms with Crippen molar-refractivity contribution in [2.75, 3.05) is 6.61 Å². The fourth-order valence-electron chi connectivity index (χ4n) is 1.44. The molecule has 1 aromatic carbocycles. The van der Waals surface area contributed by atoms with Crippen LogP contribution in [0, 0.1) is 17.7 Å². The van der Waals surface area contributed by atoms with Crippen molar-refractivity contribution in [1.29, 1.82) is 0 Å². The number of aliphatic hydroxyl groups is 1. The molecule has 0 amide bonds. The van der Waals surface area contributed by atoms with E-state index in [4.69, 9.17) is 21.4 Å². The van der Waals surface area contributed by atoms with E-state index in [-0.39, 0.29) is 24.0 Å². The summed E-state index contributed by atoms with van der Waals surface area (Å²) in [6, 6.07) is 6.45. The fraction of sp³-hybridized carbons (Fsp3) is 0.143. The number of hydrogen-bond donors (Lipinski definition) is 1. The van der Waals surface area contributed by atoms with Gasteiger partial charge in [0.15, 0.2) is 11.6 Å². The number of aliphatic hydroxyl groups excluding tert-OH is 1. The van der Waals surface area contributed by atoms with Crippen molar-refractivity contribution in [3.8, 4) is 17.6 Å². The molecule has 0 aliphatic carbocycles. The topological polar surface area (TPSA) is 29.5 Å². The Kier molecular flexibility index (Phi) is 4.80. The van der Waals surface area contributed by atoms with Crippen molar-refractivity contribution in [3.05, 3.63) is 50.9 Å². The third-order valence-electron chi connectivity index (χ3n) is 2.32. The monoisotopic (exact) mass is 296 g/mol. The average Bonchev–Trinajstić information content (AvgIpc) is 2.85. The third-order valence-corrected chi connectivity index (χ3v) is 3.51. The highest BCUT2D eigenvalue weighted by atomic mass is 35.5. The van der Waals surface area contributed by atoms with Gasteiger partial charge in [-0.2, -0.15) is 0 Å². The molecule has 2 nitrogen and oxygen atoms in total. The summed E-state index contributed by atoms with van der Waals surface area (Å²) in [4.78, 5) is 0.875. The van der Waals surface area contributed by atoms with Crippen molar-refractivity contribution in [1.82, 2.24) is 0 Å². The molecule has 0 saturated carbocycles. The van der Waals surface area contributed by atoms with Crippen LogP contribution in [0.4, 0.5) is 4.39 Å². The first-order valence-corrected chi connectivity index (χ1v) is 6.71. The van der Waals surface area contributed by atoms with E-state index in [9.17, 15) is 4.39 Å². The Hall–Kier alpha value is -1.54. The Bertz CT molecular complexity index is 628. The molecule has 0 aliphatic heterocycles. The second-order valence-corrected chi connectivity index (χ2v) is 4.97. The molecule has 1 heterocycles. The lowest BCUT2D eigenvalue weighted by molar-refractivity contribution is 0.293. The zero-order chi connectivity index (χ0) is 13.7. The van der Waals surface area contributed by atoms with E-state index in [1.807, 2.05) is 11.4 Å². The van der Waals surface area contributed by atoms with E-state index < -0.39 is 5.82 Å². The molecule has 98 valence electrons. The molecular formula is C14H10ClFO2S. The summed E-state index contributed by atoms with van der Waals surface area (Å²) in [5, 5.41) is 10.6. The molecule has 0 atom stereocenters. The van der Waals surface area contributed by atoms with Gasteiger partial charge >= 0.3 is 0 Å². The van der Waals surface area contributed by atoms with Crippen LogP contribution in [-0.2, 0) is 6.61 Å². The van der Waals surface area contributed by atoms with Gasteiger partial charge in [-0.15, -0.1) is 11.3 Å². The Balaban J connectivity index is 2.11. The van der Waals surface area contributed by atoms with E-state index in [1.54, 1.807) is 6.07 Å². The molecule has 2 aromatic rings. The van der Waals surface area contributed by atoms with Crippen LogP contribution in [0.1, 0.15) is 10.4 Å². The van der Waals surface area contributed by atoms with Crippen molar-refractivity contribution >= 4 is 22.9 Å². The molecule has 0 unspecified atom stereocenters. The molecule has 5 heteroatoms. The summed E-state index contributed by atoms with van der Waals surface area (Å²) < 4.78 is 19.0. The standard InChI is InChI=1S/C14H10ClFO2S/c15-11-4-1-5-12(14(11)16)18-9-13-10(3-2-7-17)6-8-19-13/h1,4-6,8,17H,7,9H2. The van der Waals surface area contributed by atoms with Gasteiger partial charge in [-0.1, -0.05) is 29.5 Å². The number of thiophene rings is 1. The normalized spacial score (nSPS) is 9.84. The zero-order valence-corrected chi connectivity index (χ0v) is 11.4. The summed E-state index contributed by atoms with van der Waals surface area (Å²) in [7, 11) is 0. The van der Waals surface area contributed by atoms with Gasteiger partial charge < -0.3 is 9.84 Å². The number of hydrogen-bond acceptors (Lipinski definition) is 3. The van der Waals surface area contributed by atoms with Crippen molar-refractivity contribution in [2.24, 2.45) is 0 Å². The molecule has 0 radical (unpaired) electrons. The molecule has 0 spiro atoms. The zero-order valence-electron chi connectivity index (χ0n) is 9.82. The molecule has 1 N–H and O–H groups in total. The molecule has 2 rings (SSSR count). The van der Waals surface area contributed by atoms with Crippen molar-refractivity contribution in [3.63, 3.8) is 0 Å². The minimum absolute atomic E-state index is 0.0315. The van der Waals surface area contributed by atoms with E-state index in [2.05, 4.69) is 11.8 Å². The quantitative estimate of drug-likeness (QED) is 0.879. The number of ether oxygens (including phenoxy) is 1. The van der Waals surface area contributed by atoms with Crippen LogP contribution in [-0.4, -0.2) is 11.7 Å². The fourth-order valence-corrected chi connectivity index (χ4v) is 2.34. The first kappa shape index (κ1) is 13.9. The first-order chi connectivity index (χ1) is 9.22. The Morgan fingerprint density at radius 3 is 3.00 bits per heavy atom. The van der Waals surface area contributed by atoms with Crippen LogP contribution < -0.4 is 4.74 Å². The van der Waals surface area contributed by atoms with Crippen LogP contribution >= 0.6 is 22.9 Å². The summed E-state index contributed by atoms with van der Waals surface area (Å²) in [6.45, 7) is 0.0173. The van der Waals surface area contributed by atoms with Gasteiger partial charge in [-0.25, -0.2) is 4.39 Å². The van der Waals surface area contributed by atoms with Crippen LogP contribution in [0.5, 0.6) is 5.75 Å². The lowest BCUT2D eigenvalue weighted by Gasteiger charge is -2.07. The Labute approximate surface area is 119 Å². The molecule has 19 heavy (non-hydrogen) atoms. The summed E-state index contributed by atoms with van der Waals surface area (Å²) in [6.07, 6.45) is 0. The second kappa shape index (κ2) is 6.58. The van der Waals surface area contributed by atoms with Crippen LogP contribution in [0.25, 0.3) is 0 Å². The molecule has 0 saturated heterocycles. The summed E-state index contributed by atoms with van der Waals surface area (Å²) >= 11 is 7.14. The van der Waals surface area contributed by atoms with Crippen LogP contribution in [0.3, 0.4) is 0 Å². The van der Waals surface area contributed by atoms with Crippen LogP contribution in [0.15, 0.2) is 29.6 Å². The number of halogens is 2. The summed E-state index contributed by atoms with van der Waals surface area (Å²) in [5.41, 5.74) is 0.779. The second-order valence-electron chi connectivity index (χ2n) is 3.56. The highest BCUT2D eigenvalue weighted by Gasteiger charge is 2.09. The molecule has 1 aromatic heterocycles. The van der Waals surface area contributed by atoms with Gasteiger partial charge in [0, 0.05) is 5.56 Å². The van der Waals surface area contributed by atoms with E-state index in [0.29, 0.717) is 0 Å². The van der Waals surface area contributed by atoms with Gasteiger partial charge in [-0.3, -0.25) is 0 Å². The van der Waals surface area contributed by atoms with Gasteiger partial charge in [0.2, 0.25) is 0 Å². The van der Waals surface area contributed by atoms with Crippen molar-refractivity contribution < 1.29 is 14.2 Å². The maximum absolute atomic E-state index is 13.6. The number of rotatable bonds is 3. The van der Waals surface area contributed by atoms with Crippen LogP contribution in [0.2, 0.25) is 5.02 Å². The highest BCUT2D eigenvalue weighted by molar-refractivity contribution is 7.10. The minimum Gasteiger partial charge on any atom is -0.485 e. The van der Waals surface area contributed by atoms with Gasteiger partial charge in [0.1, 0.15) is 13.2 Å². The predicted molar refractivity (Wildman–Crippen MR) is 74.0 cm³/mol. The SMILES string of the molecule is OCC#Cc1ccsc1COc1cccc(Cl)c1F. The van der Waals surface area contributed by atoms with Gasteiger partial charge in [0.25, 0.3) is 0 Å². The third kappa shape index (κ3) is 3.48. The lowest BCUT2D eigenvalue weighted by atomic mass is 10.2. The van der Waals surface area contributed by atoms with E-state index in [1.165, 1.54) is 23.5 Å². The molecule has 0 bridgehead atoms. The smallest absolute Gasteiger partial charge is 0.183 e. The van der Waals surface area contributed by atoms with Gasteiger partial charge in [0.05, 0.1) is 9.90 Å². The van der Waals surface area contributed by atoms with Gasteiger partial charge in [-0.05, 0) is 23.6 Å². The maximum atomic E-state index is 13.6. The highest BCUT2D eigenvalue weighted by Crippen LogP contribution is 2.26. The largest absolute Gasteiger partial charge is 0.485 e. The van der Waals surface area contributed by atoms with E-state index >= 15 is 0 Å². The average molecular weight is 297 g/mol. The lowest BCUT2D eigenvalue weighted by Crippen LogP contribution is -1.97. The van der Waals surface area contributed by atoms with Crippen molar-refractivity contribution in [2.45, 2.75) is 6.61 Å². The number of benzene rings is 1. The Morgan fingerprint density at radius 2 is 2.21 bits per heavy atom. The molecule has 0 aliphatic rings. The predicted octanol–water partition coefficient (Wildman–Crippen LogP) is 3.46. The molecule has 0 fully saturated rings.